The lowest BCUT2D eigenvalue weighted by molar-refractivity contribution is 0.330. The lowest BCUT2D eigenvalue weighted by Crippen LogP contribution is -2.22. The van der Waals surface area contributed by atoms with Crippen molar-refractivity contribution >= 4 is 10.8 Å². The summed E-state index contributed by atoms with van der Waals surface area (Å²) < 4.78 is 0. The third-order valence-corrected chi connectivity index (χ3v) is 4.23. The number of H-pyrrole nitrogens is 1. The smallest absolute Gasteiger partial charge is 0.256 e. The molecule has 22 heavy (non-hydrogen) atoms. The van der Waals surface area contributed by atoms with Gasteiger partial charge in [-0.05, 0) is 48.9 Å². The van der Waals surface area contributed by atoms with Crippen molar-refractivity contribution < 1.29 is 5.11 Å². The van der Waals surface area contributed by atoms with Crippen LogP contribution in [0.15, 0.2) is 29.1 Å². The van der Waals surface area contributed by atoms with Gasteiger partial charge in [0.2, 0.25) is 0 Å². The molecule has 4 heteroatoms. The molecule has 0 bridgehead atoms. The fraction of sp³-hybridized carbons (Fsp3) is 0.500. The lowest BCUT2D eigenvalue weighted by Gasteiger charge is -2.20. The van der Waals surface area contributed by atoms with Crippen LogP contribution in [0.3, 0.4) is 0 Å². The summed E-state index contributed by atoms with van der Waals surface area (Å²) in [7, 11) is 1.00. The molecule has 0 amide bonds. The van der Waals surface area contributed by atoms with Gasteiger partial charge in [0.25, 0.3) is 5.56 Å². The largest absolute Gasteiger partial charge is 0.400 e. The minimum absolute atomic E-state index is 0.0365. The van der Waals surface area contributed by atoms with E-state index < -0.39 is 0 Å². The number of nitrogens with zero attached hydrogens (tertiary/aromatic N) is 1. The topological polar surface area (TPSA) is 56.3 Å². The van der Waals surface area contributed by atoms with Gasteiger partial charge in [-0.2, -0.15) is 0 Å². The molecule has 2 heterocycles. The van der Waals surface area contributed by atoms with Gasteiger partial charge in [0, 0.05) is 24.7 Å². The van der Waals surface area contributed by atoms with Crippen LogP contribution >= 0.6 is 0 Å². The van der Waals surface area contributed by atoms with E-state index in [2.05, 4.69) is 29.8 Å². The highest BCUT2D eigenvalue weighted by Gasteiger charge is 2.18. The maximum atomic E-state index is 12.2. The molecule has 4 nitrogen and oxygen atoms in total. The number of benzene rings is 1. The van der Waals surface area contributed by atoms with E-state index in [4.69, 9.17) is 5.11 Å². The zero-order valence-electron chi connectivity index (χ0n) is 13.7. The highest BCUT2D eigenvalue weighted by molar-refractivity contribution is 5.85. The van der Waals surface area contributed by atoms with Gasteiger partial charge in [-0.15, -0.1) is 0 Å². The van der Waals surface area contributed by atoms with Gasteiger partial charge >= 0.3 is 0 Å². The quantitative estimate of drug-likeness (QED) is 0.916. The summed E-state index contributed by atoms with van der Waals surface area (Å²) in [6, 6.07) is 7.97. The van der Waals surface area contributed by atoms with E-state index in [0.717, 1.165) is 30.1 Å². The van der Waals surface area contributed by atoms with Crippen molar-refractivity contribution in [1.82, 2.24) is 9.88 Å². The van der Waals surface area contributed by atoms with Crippen LogP contribution in [-0.2, 0) is 6.54 Å². The second-order valence-electron chi connectivity index (χ2n) is 6.03. The minimum atomic E-state index is 0.0365. The van der Waals surface area contributed by atoms with Gasteiger partial charge in [0.1, 0.15) is 0 Å². The van der Waals surface area contributed by atoms with Gasteiger partial charge in [0.15, 0.2) is 0 Å². The van der Waals surface area contributed by atoms with E-state index in [1.807, 2.05) is 18.2 Å². The van der Waals surface area contributed by atoms with Gasteiger partial charge in [0.05, 0.1) is 0 Å². The summed E-state index contributed by atoms with van der Waals surface area (Å²) in [5.41, 5.74) is 2.44. The number of aliphatic hydroxyl groups excluding tert-OH is 1. The van der Waals surface area contributed by atoms with Crippen molar-refractivity contribution in [2.45, 2.75) is 39.2 Å². The Balaban J connectivity index is 0.000000847. The number of aromatic amines is 1. The molecular weight excluding hydrogens is 276 g/mol. The molecule has 1 fully saturated rings. The minimum Gasteiger partial charge on any atom is -0.400 e. The first kappa shape index (κ1) is 16.7. The summed E-state index contributed by atoms with van der Waals surface area (Å²) in [6.45, 7) is 7.59. The summed E-state index contributed by atoms with van der Waals surface area (Å²) in [4.78, 5) is 17.8. The van der Waals surface area contributed by atoms with E-state index in [-0.39, 0.29) is 5.56 Å². The van der Waals surface area contributed by atoms with Crippen LogP contribution in [0.2, 0.25) is 0 Å². The number of hydrogen-bond donors (Lipinski definition) is 2. The molecule has 1 saturated heterocycles. The van der Waals surface area contributed by atoms with Crippen molar-refractivity contribution in [3.8, 4) is 0 Å². The zero-order valence-corrected chi connectivity index (χ0v) is 13.7. The molecule has 0 atom stereocenters. The standard InChI is InChI=1S/C17H22N2O.CH4O/c1-12(2)16-15(11-19-9-5-6-10-19)13-7-3-4-8-14(13)17(20)18-16;1-2/h3-4,7-8,12H,5-6,9-11H2,1-2H3,(H,18,20);2H,1H3. The molecule has 120 valence electrons. The van der Waals surface area contributed by atoms with Crippen LogP contribution < -0.4 is 5.56 Å². The van der Waals surface area contributed by atoms with Crippen LogP contribution in [-0.4, -0.2) is 35.2 Å². The molecular formula is C18H26N2O2. The predicted octanol–water partition coefficient (Wildman–Crippen LogP) is 2.86. The molecule has 0 saturated carbocycles. The highest BCUT2D eigenvalue weighted by Crippen LogP contribution is 2.26. The van der Waals surface area contributed by atoms with Crippen molar-refractivity contribution in [3.05, 3.63) is 45.9 Å². The Morgan fingerprint density at radius 3 is 2.32 bits per heavy atom. The normalized spacial score (nSPS) is 15.1. The first-order valence-electron chi connectivity index (χ1n) is 7.97. The first-order chi connectivity index (χ1) is 10.7. The number of aliphatic hydroxyl groups is 1. The van der Waals surface area contributed by atoms with Crippen molar-refractivity contribution in [2.75, 3.05) is 20.2 Å². The van der Waals surface area contributed by atoms with Gasteiger partial charge < -0.3 is 10.1 Å². The highest BCUT2D eigenvalue weighted by atomic mass is 16.2. The summed E-state index contributed by atoms with van der Waals surface area (Å²) in [6.07, 6.45) is 2.58. The van der Waals surface area contributed by atoms with E-state index in [1.165, 1.54) is 31.5 Å². The fourth-order valence-electron chi connectivity index (χ4n) is 3.18. The summed E-state index contributed by atoms with van der Waals surface area (Å²) >= 11 is 0. The molecule has 3 rings (SSSR count). The Labute approximate surface area is 131 Å². The average molecular weight is 302 g/mol. The van der Waals surface area contributed by atoms with E-state index in [1.54, 1.807) is 0 Å². The summed E-state index contributed by atoms with van der Waals surface area (Å²) in [5.74, 6) is 0.338. The van der Waals surface area contributed by atoms with Crippen molar-refractivity contribution in [3.63, 3.8) is 0 Å². The maximum Gasteiger partial charge on any atom is 0.256 e. The molecule has 1 aliphatic heterocycles. The average Bonchev–Trinajstić information content (AvgIpc) is 3.05. The molecule has 1 aliphatic rings. The van der Waals surface area contributed by atoms with E-state index >= 15 is 0 Å². The summed E-state index contributed by atoms with van der Waals surface area (Å²) in [5, 5.41) is 8.93. The van der Waals surface area contributed by atoms with Crippen LogP contribution in [0, 0.1) is 0 Å². The Hall–Kier alpha value is -1.65. The predicted molar refractivity (Wildman–Crippen MR) is 91.3 cm³/mol. The Kier molecular flexibility index (Phi) is 5.75. The van der Waals surface area contributed by atoms with Crippen molar-refractivity contribution in [1.29, 1.82) is 0 Å². The van der Waals surface area contributed by atoms with Crippen LogP contribution in [0.4, 0.5) is 0 Å². The first-order valence-corrected chi connectivity index (χ1v) is 7.97. The molecule has 2 aromatic rings. The fourth-order valence-corrected chi connectivity index (χ4v) is 3.18. The monoisotopic (exact) mass is 302 g/mol. The number of hydrogen-bond acceptors (Lipinski definition) is 3. The molecule has 0 unspecified atom stereocenters. The third kappa shape index (κ3) is 3.39. The Morgan fingerprint density at radius 2 is 1.73 bits per heavy atom. The number of fused-ring (bicyclic) bond motifs is 1. The van der Waals surface area contributed by atoms with Gasteiger partial charge in [-0.1, -0.05) is 32.0 Å². The molecule has 1 aromatic carbocycles. The maximum absolute atomic E-state index is 12.2. The Bertz CT molecular complexity index is 670. The zero-order chi connectivity index (χ0) is 16.1. The van der Waals surface area contributed by atoms with E-state index in [0.29, 0.717) is 5.92 Å². The third-order valence-electron chi connectivity index (χ3n) is 4.23. The molecule has 2 N–H and O–H groups in total. The van der Waals surface area contributed by atoms with Crippen LogP contribution in [0.5, 0.6) is 0 Å². The number of likely N-dealkylation sites (tertiary alicyclic amines) is 1. The molecule has 0 spiro atoms. The SMILES string of the molecule is CC(C)c1[nH]c(=O)c2ccccc2c1CN1CCCC1.CO. The van der Waals surface area contributed by atoms with Crippen LogP contribution in [0.25, 0.3) is 10.8 Å². The van der Waals surface area contributed by atoms with Crippen LogP contribution in [0.1, 0.15) is 43.9 Å². The number of rotatable bonds is 3. The lowest BCUT2D eigenvalue weighted by atomic mass is 9.97. The van der Waals surface area contributed by atoms with Gasteiger partial charge in [-0.25, -0.2) is 0 Å². The molecule has 1 aromatic heterocycles. The molecule has 0 aliphatic carbocycles. The number of pyridine rings is 1. The second kappa shape index (κ2) is 7.56. The molecule has 0 radical (unpaired) electrons. The number of nitrogens with one attached hydrogen (secondary N) is 1. The Morgan fingerprint density at radius 1 is 1.14 bits per heavy atom. The van der Waals surface area contributed by atoms with Gasteiger partial charge in [-0.3, -0.25) is 9.69 Å². The van der Waals surface area contributed by atoms with Crippen molar-refractivity contribution in [2.24, 2.45) is 0 Å². The number of aromatic nitrogens is 1. The van der Waals surface area contributed by atoms with E-state index in [9.17, 15) is 4.79 Å². The second-order valence-corrected chi connectivity index (χ2v) is 6.03.